The van der Waals surface area contributed by atoms with E-state index in [0.29, 0.717) is 23.1 Å². The van der Waals surface area contributed by atoms with Crippen molar-refractivity contribution in [3.8, 4) is 5.75 Å². The Bertz CT molecular complexity index is 1270. The minimum Gasteiger partial charge on any atom is -0.508 e. The highest BCUT2D eigenvalue weighted by Gasteiger charge is 2.57. The van der Waals surface area contributed by atoms with Crippen molar-refractivity contribution in [2.45, 2.75) is 56.9 Å². The minimum atomic E-state index is -0.620. The van der Waals surface area contributed by atoms with Crippen LogP contribution in [0.4, 0.5) is 0 Å². The number of carbonyl (C=O) groups excluding carboxylic acids is 4. The van der Waals surface area contributed by atoms with E-state index >= 15 is 0 Å². The highest BCUT2D eigenvalue weighted by atomic mass is 79.9. The number of benzene rings is 1. The molecule has 1 aliphatic heterocycles. The number of nitrogens with zero attached hydrogens (tertiary/aromatic N) is 1. The van der Waals surface area contributed by atoms with Gasteiger partial charge in [0.25, 0.3) is 0 Å². The molecule has 1 N–H and O–H groups in total. The van der Waals surface area contributed by atoms with Crippen LogP contribution in [0.15, 0.2) is 57.6 Å². The normalized spacial score (nSPS) is 31.2. The summed E-state index contributed by atoms with van der Waals surface area (Å²) in [4.78, 5) is 55.3. The molecule has 0 aromatic heterocycles. The Balaban J connectivity index is 1.47. The van der Waals surface area contributed by atoms with E-state index in [1.54, 1.807) is 24.3 Å². The van der Waals surface area contributed by atoms with Gasteiger partial charge in [-0.15, -0.1) is 0 Å². The van der Waals surface area contributed by atoms with Crippen molar-refractivity contribution in [3.05, 3.63) is 63.2 Å². The van der Waals surface area contributed by atoms with Crippen LogP contribution in [0.25, 0.3) is 0 Å². The highest BCUT2D eigenvalue weighted by Crippen LogP contribution is 2.56. The monoisotopic (exact) mass is 535 g/mol. The van der Waals surface area contributed by atoms with Crippen molar-refractivity contribution >= 4 is 39.3 Å². The van der Waals surface area contributed by atoms with Gasteiger partial charge in [0, 0.05) is 34.7 Å². The summed E-state index contributed by atoms with van der Waals surface area (Å²) in [5.41, 5.74) is 2.17. The Morgan fingerprint density at radius 2 is 1.69 bits per heavy atom. The number of likely N-dealkylation sites (tertiary alicyclic amines) is 1. The van der Waals surface area contributed by atoms with E-state index in [0.717, 1.165) is 37.7 Å². The fourth-order valence-electron chi connectivity index (χ4n) is 7.02. The third-order valence-electron chi connectivity index (χ3n) is 8.55. The molecule has 1 aromatic carbocycles. The molecule has 2 amide bonds. The van der Waals surface area contributed by atoms with E-state index in [1.165, 1.54) is 11.0 Å². The molecule has 1 saturated carbocycles. The number of ketones is 2. The fraction of sp³-hybridized carbons (Fsp3) is 0.429. The molecule has 4 aliphatic carbocycles. The van der Waals surface area contributed by atoms with Crippen LogP contribution in [-0.4, -0.2) is 39.4 Å². The van der Waals surface area contributed by atoms with Gasteiger partial charge < -0.3 is 5.11 Å². The van der Waals surface area contributed by atoms with Crippen LogP contribution >= 0.6 is 15.9 Å². The molecule has 4 atom stereocenters. The van der Waals surface area contributed by atoms with Gasteiger partial charge >= 0.3 is 0 Å². The third kappa shape index (κ3) is 3.34. The number of rotatable bonds is 2. The van der Waals surface area contributed by atoms with Crippen LogP contribution in [0.3, 0.4) is 0 Å². The smallest absolute Gasteiger partial charge is 0.233 e. The Hall–Kier alpha value is -2.80. The molecule has 6 rings (SSSR count). The number of fused-ring (bicyclic) bond motifs is 3. The molecule has 0 bridgehead atoms. The zero-order valence-corrected chi connectivity index (χ0v) is 20.8. The maximum atomic E-state index is 13.8. The second-order valence-corrected chi connectivity index (χ2v) is 11.1. The first-order chi connectivity index (χ1) is 16.9. The number of imide groups is 1. The summed E-state index contributed by atoms with van der Waals surface area (Å²) < 4.78 is 0.203. The van der Waals surface area contributed by atoms with Gasteiger partial charge in [0.05, 0.1) is 16.3 Å². The Morgan fingerprint density at radius 3 is 2.43 bits per heavy atom. The van der Waals surface area contributed by atoms with E-state index in [1.807, 2.05) is 6.08 Å². The minimum absolute atomic E-state index is 0.0412. The van der Waals surface area contributed by atoms with Crippen molar-refractivity contribution in [3.63, 3.8) is 0 Å². The highest BCUT2D eigenvalue weighted by molar-refractivity contribution is 9.12. The molecule has 7 heteroatoms. The van der Waals surface area contributed by atoms with Gasteiger partial charge in [-0.1, -0.05) is 49.1 Å². The second kappa shape index (κ2) is 8.40. The third-order valence-corrected chi connectivity index (χ3v) is 9.14. The van der Waals surface area contributed by atoms with Crippen LogP contribution in [0.2, 0.25) is 0 Å². The summed E-state index contributed by atoms with van der Waals surface area (Å²) in [6.07, 6.45) is 8.84. The lowest BCUT2D eigenvalue weighted by Gasteiger charge is -2.42. The molecule has 0 spiro atoms. The topological polar surface area (TPSA) is 91.8 Å². The number of Topliss-reactive ketones (excluding diaryl/α,β-unsaturated/α-hetero) is 1. The molecule has 1 heterocycles. The number of carbonyl (C=O) groups is 4. The number of amides is 2. The van der Waals surface area contributed by atoms with Crippen molar-refractivity contribution in [1.29, 1.82) is 0 Å². The molecule has 4 unspecified atom stereocenters. The Morgan fingerprint density at radius 1 is 0.943 bits per heavy atom. The number of halogens is 1. The number of para-hydroxylation sites is 1. The molecular weight excluding hydrogens is 510 g/mol. The Kier molecular flexibility index (Phi) is 5.44. The predicted octanol–water partition coefficient (Wildman–Crippen LogP) is 4.49. The molecule has 2 fully saturated rings. The lowest BCUT2D eigenvalue weighted by Crippen LogP contribution is -2.43. The molecule has 6 nitrogen and oxygen atoms in total. The number of hydrogen-bond donors (Lipinski definition) is 1. The standard InChI is InChI=1S/C28H26BrNO5/c29-20-13-22(32)25-19(26(20)33)12-18-15(23(25)16-8-4-5-9-21(16)31)10-11-17-24(18)28(35)30(27(17)34)14-6-2-1-3-7-14/h4-5,8-10,13-14,17-18,23-24,31H,1-3,6-7,11-12H2. The zero-order chi connectivity index (χ0) is 24.4. The van der Waals surface area contributed by atoms with Crippen molar-refractivity contribution in [2.24, 2.45) is 17.8 Å². The van der Waals surface area contributed by atoms with Gasteiger partial charge in [-0.3, -0.25) is 24.1 Å². The molecular formula is C28H26BrNO5. The van der Waals surface area contributed by atoms with Crippen molar-refractivity contribution in [2.75, 3.05) is 0 Å². The maximum Gasteiger partial charge on any atom is 0.233 e. The summed E-state index contributed by atoms with van der Waals surface area (Å²) >= 11 is 3.24. The zero-order valence-electron chi connectivity index (χ0n) is 19.2. The summed E-state index contributed by atoms with van der Waals surface area (Å²) in [5, 5.41) is 10.7. The quantitative estimate of drug-likeness (QED) is 0.342. The molecule has 35 heavy (non-hydrogen) atoms. The first-order valence-corrected chi connectivity index (χ1v) is 13.2. The largest absolute Gasteiger partial charge is 0.508 e. The van der Waals surface area contributed by atoms with Gasteiger partial charge in [0.15, 0.2) is 11.6 Å². The van der Waals surface area contributed by atoms with Crippen molar-refractivity contribution < 1.29 is 24.3 Å². The molecule has 180 valence electrons. The van der Waals surface area contributed by atoms with Crippen LogP contribution in [0, 0.1) is 17.8 Å². The Labute approximate surface area is 211 Å². The fourth-order valence-corrected chi connectivity index (χ4v) is 7.46. The number of hydrogen-bond acceptors (Lipinski definition) is 5. The average molecular weight is 536 g/mol. The van der Waals surface area contributed by atoms with E-state index in [9.17, 15) is 24.3 Å². The SMILES string of the molecule is O=C1C=C(Br)C(=O)C2=C1C(c1ccccc1O)C1=CCC3C(=O)N(C4CCCCC4)C(=O)C3C1C2. The summed E-state index contributed by atoms with van der Waals surface area (Å²) in [7, 11) is 0. The summed E-state index contributed by atoms with van der Waals surface area (Å²) in [5.74, 6) is -2.67. The molecule has 0 radical (unpaired) electrons. The van der Waals surface area contributed by atoms with Gasteiger partial charge in [-0.05, 0) is 53.6 Å². The van der Waals surface area contributed by atoms with Crippen LogP contribution in [0.5, 0.6) is 5.75 Å². The van der Waals surface area contributed by atoms with E-state index in [4.69, 9.17) is 0 Å². The van der Waals surface area contributed by atoms with E-state index in [-0.39, 0.29) is 52.0 Å². The van der Waals surface area contributed by atoms with Crippen LogP contribution < -0.4 is 0 Å². The molecule has 1 aromatic rings. The summed E-state index contributed by atoms with van der Waals surface area (Å²) in [6.45, 7) is 0. The molecule has 1 saturated heterocycles. The number of phenols is 1. The predicted molar refractivity (Wildman–Crippen MR) is 131 cm³/mol. The average Bonchev–Trinajstić information content (AvgIpc) is 3.12. The second-order valence-electron chi connectivity index (χ2n) is 10.3. The van der Waals surface area contributed by atoms with E-state index in [2.05, 4.69) is 15.9 Å². The van der Waals surface area contributed by atoms with Gasteiger partial charge in [-0.2, -0.15) is 0 Å². The lowest BCUT2D eigenvalue weighted by atomic mass is 9.59. The summed E-state index contributed by atoms with van der Waals surface area (Å²) in [6, 6.07) is 6.80. The number of phenolic OH excluding ortho intramolecular Hbond substituents is 1. The first-order valence-electron chi connectivity index (χ1n) is 12.4. The number of allylic oxidation sites excluding steroid dienone is 6. The van der Waals surface area contributed by atoms with Crippen LogP contribution in [-0.2, 0) is 19.2 Å². The lowest BCUT2D eigenvalue weighted by molar-refractivity contribution is -0.143. The van der Waals surface area contributed by atoms with Gasteiger partial charge in [-0.25, -0.2) is 0 Å². The maximum absolute atomic E-state index is 13.8. The number of aromatic hydroxyl groups is 1. The van der Waals surface area contributed by atoms with Crippen molar-refractivity contribution in [1.82, 2.24) is 4.90 Å². The molecule has 5 aliphatic rings. The first kappa shape index (κ1) is 22.7. The van der Waals surface area contributed by atoms with Gasteiger partial charge in [0.2, 0.25) is 11.8 Å². The van der Waals surface area contributed by atoms with Crippen LogP contribution in [0.1, 0.15) is 56.4 Å². The van der Waals surface area contributed by atoms with E-state index < -0.39 is 17.8 Å². The van der Waals surface area contributed by atoms with Gasteiger partial charge in [0.1, 0.15) is 5.75 Å².